The fraction of sp³-hybridized carbons (Fsp3) is 0.947. The molecule has 0 spiro atoms. The van der Waals surface area contributed by atoms with Crippen LogP contribution in [0.2, 0.25) is 0 Å². The predicted molar refractivity (Wildman–Crippen MR) is 117 cm³/mol. The molecule has 2 saturated heterocycles. The number of carbonyl (C=O) groups is 1. The van der Waals surface area contributed by atoms with Gasteiger partial charge >= 0.3 is 6.03 Å². The van der Waals surface area contributed by atoms with E-state index < -0.39 is 27.5 Å². The maximum Gasteiger partial charge on any atom is 0.322 e. The van der Waals surface area contributed by atoms with Crippen LogP contribution in [0.25, 0.3) is 0 Å². The summed E-state index contributed by atoms with van der Waals surface area (Å²) in [5, 5.41) is -0.481. The molecule has 4 rings (SSSR count). The van der Waals surface area contributed by atoms with Gasteiger partial charge in [-0.15, -0.1) is 11.8 Å². The zero-order chi connectivity index (χ0) is 22.4. The quantitative estimate of drug-likeness (QED) is 0.458. The zero-order valence-electron chi connectivity index (χ0n) is 18.3. The van der Waals surface area contributed by atoms with E-state index in [1.54, 1.807) is 18.9 Å². The molecule has 0 radical (unpaired) electrons. The van der Waals surface area contributed by atoms with Crippen LogP contribution in [-0.4, -0.2) is 84.4 Å². The highest BCUT2D eigenvalue weighted by molar-refractivity contribution is 8.00. The normalized spacial score (nSPS) is 36.0. The highest BCUT2D eigenvalue weighted by Crippen LogP contribution is 2.42. The van der Waals surface area contributed by atoms with E-state index in [4.69, 9.17) is 4.74 Å². The minimum absolute atomic E-state index is 0.0302. The lowest BCUT2D eigenvalue weighted by atomic mass is 9.89. The maximum absolute atomic E-state index is 13.4. The average Bonchev–Trinajstić information content (AvgIpc) is 3.28. The lowest BCUT2D eigenvalue weighted by Crippen LogP contribution is -2.54. The lowest BCUT2D eigenvalue weighted by molar-refractivity contribution is 0.0963. The second-order valence-electron chi connectivity index (χ2n) is 9.27. The Morgan fingerprint density at radius 3 is 2.65 bits per heavy atom. The largest absolute Gasteiger partial charge is 0.382 e. The number of thioether (sulfide) groups is 1. The Morgan fingerprint density at radius 2 is 2.06 bits per heavy atom. The third-order valence-corrected chi connectivity index (χ3v) is 10.2. The number of nitrogens with zero attached hydrogens (tertiary/aromatic N) is 2. The van der Waals surface area contributed by atoms with Crippen molar-refractivity contribution in [3.63, 3.8) is 0 Å². The highest BCUT2D eigenvalue weighted by Gasteiger charge is 2.55. The summed E-state index contributed by atoms with van der Waals surface area (Å²) < 4.78 is 47.4. The third kappa shape index (κ3) is 4.70. The van der Waals surface area contributed by atoms with Gasteiger partial charge in [0.15, 0.2) is 0 Å². The summed E-state index contributed by atoms with van der Waals surface area (Å²) in [5.74, 6) is 0. The number of sulfonamides is 1. The first-order chi connectivity index (χ1) is 14.7. The summed E-state index contributed by atoms with van der Waals surface area (Å²) in [6.07, 6.45) is 3.29. The van der Waals surface area contributed by atoms with Crippen LogP contribution in [0.5, 0.6) is 0 Å². The number of fused-ring (bicyclic) bond motifs is 1. The zero-order valence-corrected chi connectivity index (χ0v) is 20.0. The molecule has 2 aliphatic carbocycles. The summed E-state index contributed by atoms with van der Waals surface area (Å²) >= 11 is 1.60. The molecule has 0 bridgehead atoms. The standard InChI is InChI=1S/C19H34FN5O4S2/c1-12(29-3)6-9-24-15-5-4-14(31(27,28)23-19(11-20)7-8-19)10-16(15)25(18(24)26)17-22-21-13(2)30-17/h12-17,21-23H,4-11H2,1-3H3. The number of alkyl halides is 1. The number of hydrogen-bond acceptors (Lipinski definition) is 7. The van der Waals surface area contributed by atoms with E-state index in [0.717, 1.165) is 6.42 Å². The smallest absolute Gasteiger partial charge is 0.322 e. The summed E-state index contributed by atoms with van der Waals surface area (Å²) in [4.78, 5) is 17.1. The summed E-state index contributed by atoms with van der Waals surface area (Å²) in [6.45, 7) is 3.89. The maximum atomic E-state index is 13.4. The van der Waals surface area contributed by atoms with Crippen molar-refractivity contribution in [3.05, 3.63) is 0 Å². The second kappa shape index (κ2) is 8.94. The van der Waals surface area contributed by atoms with Gasteiger partial charge in [0.05, 0.1) is 34.4 Å². The number of methoxy groups -OCH3 is 1. The first-order valence-electron chi connectivity index (χ1n) is 11.1. The van der Waals surface area contributed by atoms with Gasteiger partial charge in [-0.3, -0.25) is 4.90 Å². The molecule has 2 heterocycles. The predicted octanol–water partition coefficient (Wildman–Crippen LogP) is 1.33. The molecule has 0 aromatic carbocycles. The first-order valence-corrected chi connectivity index (χ1v) is 13.6. The second-order valence-corrected chi connectivity index (χ2v) is 12.7. The van der Waals surface area contributed by atoms with Crippen LogP contribution in [0.4, 0.5) is 9.18 Å². The van der Waals surface area contributed by atoms with Gasteiger partial charge in [-0.25, -0.2) is 33.2 Å². The molecule has 178 valence electrons. The van der Waals surface area contributed by atoms with Crippen molar-refractivity contribution in [2.24, 2.45) is 0 Å². The van der Waals surface area contributed by atoms with E-state index in [2.05, 4.69) is 15.6 Å². The van der Waals surface area contributed by atoms with Crippen molar-refractivity contribution in [1.29, 1.82) is 0 Å². The molecule has 4 aliphatic rings. The lowest BCUT2D eigenvalue weighted by Gasteiger charge is -2.37. The van der Waals surface area contributed by atoms with E-state index >= 15 is 0 Å². The number of ether oxygens (including phenoxy) is 1. The van der Waals surface area contributed by atoms with Crippen molar-refractivity contribution in [2.75, 3.05) is 20.3 Å². The van der Waals surface area contributed by atoms with Crippen LogP contribution in [-0.2, 0) is 14.8 Å². The molecule has 4 fully saturated rings. The third-order valence-electron chi connectivity index (χ3n) is 7.04. The van der Waals surface area contributed by atoms with Gasteiger partial charge in [-0.05, 0) is 52.4 Å². The Labute approximate surface area is 188 Å². The van der Waals surface area contributed by atoms with Gasteiger partial charge in [-0.1, -0.05) is 0 Å². The molecular weight excluding hydrogens is 445 g/mol. The summed E-state index contributed by atoms with van der Waals surface area (Å²) in [6, 6.07) is -0.302. The van der Waals surface area contributed by atoms with Gasteiger partial charge in [0.2, 0.25) is 10.0 Å². The molecule has 2 amide bonds. The number of urea groups is 1. The fourth-order valence-electron chi connectivity index (χ4n) is 4.83. The van der Waals surface area contributed by atoms with Crippen molar-refractivity contribution in [3.8, 4) is 0 Å². The fourth-order valence-corrected chi connectivity index (χ4v) is 7.79. The van der Waals surface area contributed by atoms with E-state index in [9.17, 15) is 17.6 Å². The summed E-state index contributed by atoms with van der Waals surface area (Å²) in [5.41, 5.74) is 5.15. The molecule has 6 atom stereocenters. The number of rotatable bonds is 9. The molecule has 6 unspecified atom stereocenters. The molecular formula is C19H34FN5O4S2. The Hall–Kier alpha value is -0.660. The number of hydrazine groups is 1. The van der Waals surface area contributed by atoms with Crippen LogP contribution in [0, 0.1) is 0 Å². The van der Waals surface area contributed by atoms with E-state index in [-0.39, 0.29) is 35.1 Å². The van der Waals surface area contributed by atoms with Gasteiger partial charge in [-0.2, -0.15) is 0 Å². The molecule has 9 nitrogen and oxygen atoms in total. The molecule has 2 aliphatic heterocycles. The number of hydrogen-bond donors (Lipinski definition) is 3. The van der Waals surface area contributed by atoms with E-state index in [1.807, 2.05) is 23.6 Å². The van der Waals surface area contributed by atoms with Crippen molar-refractivity contribution in [1.82, 2.24) is 25.4 Å². The van der Waals surface area contributed by atoms with Crippen LogP contribution in [0.15, 0.2) is 0 Å². The Balaban J connectivity index is 1.52. The van der Waals surface area contributed by atoms with Crippen molar-refractivity contribution in [2.45, 2.75) is 92.2 Å². The molecule has 12 heteroatoms. The van der Waals surface area contributed by atoms with Crippen LogP contribution < -0.4 is 15.6 Å². The highest BCUT2D eigenvalue weighted by atomic mass is 32.2. The monoisotopic (exact) mass is 479 g/mol. The van der Waals surface area contributed by atoms with Gasteiger partial charge in [0.25, 0.3) is 0 Å². The Kier molecular flexibility index (Phi) is 6.78. The Morgan fingerprint density at radius 1 is 1.32 bits per heavy atom. The van der Waals surface area contributed by atoms with E-state index in [1.165, 1.54) is 0 Å². The molecule has 2 saturated carbocycles. The van der Waals surface area contributed by atoms with Gasteiger partial charge in [0.1, 0.15) is 12.2 Å². The minimum Gasteiger partial charge on any atom is -0.382 e. The summed E-state index contributed by atoms with van der Waals surface area (Å²) in [7, 11) is -2.00. The number of halogens is 1. The first kappa shape index (κ1) is 23.5. The Bertz CT molecular complexity index is 783. The SMILES string of the molecule is COC(C)CCN1C(=O)N(C2NNC(C)S2)C2CC(S(=O)(=O)NC3(CF)CC3)CCC21. The molecule has 0 aromatic heterocycles. The van der Waals surface area contributed by atoms with Gasteiger partial charge in [0, 0.05) is 13.7 Å². The topological polar surface area (TPSA) is 103 Å². The number of amides is 2. The minimum atomic E-state index is -3.66. The van der Waals surface area contributed by atoms with Crippen LogP contribution >= 0.6 is 11.8 Å². The molecule has 31 heavy (non-hydrogen) atoms. The molecule has 3 N–H and O–H groups in total. The average molecular weight is 480 g/mol. The van der Waals surface area contributed by atoms with Crippen molar-refractivity contribution < 1.29 is 22.3 Å². The van der Waals surface area contributed by atoms with Crippen molar-refractivity contribution >= 4 is 27.8 Å². The van der Waals surface area contributed by atoms with Crippen LogP contribution in [0.1, 0.15) is 52.4 Å². The number of nitrogens with one attached hydrogen (secondary N) is 3. The van der Waals surface area contributed by atoms with Gasteiger partial charge < -0.3 is 9.64 Å². The van der Waals surface area contributed by atoms with E-state index in [0.29, 0.717) is 38.6 Å². The number of carbonyl (C=O) groups excluding carboxylic acids is 1. The van der Waals surface area contributed by atoms with Crippen LogP contribution in [0.3, 0.4) is 0 Å². The molecule has 0 aromatic rings.